The molecule has 308 valence electrons. The van der Waals surface area contributed by atoms with Crippen LogP contribution in [-0.2, 0) is 14.3 Å². The molecule has 3 amide bonds. The van der Waals surface area contributed by atoms with Crippen molar-refractivity contribution in [2.24, 2.45) is 11.8 Å². The van der Waals surface area contributed by atoms with Crippen LogP contribution in [0.15, 0.2) is 60.8 Å². The van der Waals surface area contributed by atoms with Crippen molar-refractivity contribution in [1.29, 1.82) is 0 Å². The lowest BCUT2D eigenvalue weighted by Crippen LogP contribution is -2.51. The molecule has 0 saturated carbocycles. The number of carbonyl (C=O) groups excluding carboxylic acids is 3. The minimum Gasteiger partial charge on any atom is -0.453 e. The van der Waals surface area contributed by atoms with Crippen molar-refractivity contribution in [3.05, 3.63) is 72.4 Å². The van der Waals surface area contributed by atoms with E-state index in [1.54, 1.807) is 11.1 Å². The Bertz CT molecular complexity index is 2290. The number of methoxy groups -OCH3 is 1. The van der Waals surface area contributed by atoms with Crippen LogP contribution >= 0.6 is 0 Å². The van der Waals surface area contributed by atoms with Gasteiger partial charge in [0, 0.05) is 30.9 Å². The molecule has 58 heavy (non-hydrogen) atoms. The summed E-state index contributed by atoms with van der Waals surface area (Å²) in [7, 11) is -0.281. The number of aliphatic hydroxyl groups excluding tert-OH is 2. The number of aliphatic hydroxyl groups is 2. The normalized spacial score (nSPS) is 20.6. The summed E-state index contributed by atoms with van der Waals surface area (Å²) in [5.41, 5.74) is 5.80. The van der Waals surface area contributed by atoms with Gasteiger partial charge in [-0.2, -0.15) is 0 Å². The number of hydrogen-bond donors (Lipinski definition) is 6. The van der Waals surface area contributed by atoms with E-state index < -0.39 is 39.0 Å². The number of H-pyrrole nitrogens is 2. The maximum Gasteiger partial charge on any atom is 0.407 e. The number of β-amino-alcohol motifs (C(OH)–C–C–N with tert-alkyl or cyclic N) is 1. The minimum absolute atomic E-state index is 0.0725. The molecule has 4 heterocycles. The number of imidazole rings is 2. The molecule has 5 aromatic rings. The number of rotatable bonds is 12. The van der Waals surface area contributed by atoms with Gasteiger partial charge in [-0.3, -0.25) is 14.5 Å². The van der Waals surface area contributed by atoms with Gasteiger partial charge in [-0.25, -0.2) is 14.8 Å². The summed E-state index contributed by atoms with van der Waals surface area (Å²) in [6.07, 6.45) is 1.70. The van der Waals surface area contributed by atoms with Crippen molar-refractivity contribution in [2.45, 2.75) is 83.5 Å². The lowest BCUT2D eigenvalue weighted by atomic mass is 9.99. The molecule has 7 rings (SSSR count). The number of likely N-dealkylation sites (tertiary alicyclic amines) is 1. The van der Waals surface area contributed by atoms with E-state index in [1.165, 1.54) is 7.11 Å². The van der Waals surface area contributed by atoms with Crippen LogP contribution in [0, 0.1) is 11.8 Å². The van der Waals surface area contributed by atoms with Crippen LogP contribution in [0.3, 0.4) is 0 Å². The van der Waals surface area contributed by atoms with Crippen molar-refractivity contribution in [3.63, 3.8) is 0 Å². The third kappa shape index (κ3) is 8.53. The van der Waals surface area contributed by atoms with Crippen LogP contribution in [-0.4, -0.2) is 117 Å². The van der Waals surface area contributed by atoms with Crippen molar-refractivity contribution in [3.8, 4) is 22.4 Å². The predicted molar refractivity (Wildman–Crippen MR) is 226 cm³/mol. The van der Waals surface area contributed by atoms with E-state index in [9.17, 15) is 24.6 Å². The topological polar surface area (TPSA) is 189 Å². The van der Waals surface area contributed by atoms with Gasteiger partial charge >= 0.3 is 6.09 Å². The molecule has 3 aromatic carbocycles. The standard InChI is InChI=1S/C43H56N8O6Si/c1-24(2)34(45-37(54)21-52)20-50-23-58(6,7)22-36(50)41-46-32-15-13-29-16-28(12-14-31(29)39(32)48-41)26-8-10-27(11-9-26)33-18-44-40(47-33)35-17-30(53)19-51(35)42(55)38(25(3)4)49-43(56)57-5/h8-16,18,24-25,30,34-36,38,52-53H,17,19-23H2,1-7H3,(H,44,47)(H,45,54)(H,46,48)(H,49,56)/t30?,34-,35+,36+,38+/m1/s1. The van der Waals surface area contributed by atoms with Crippen LogP contribution in [0.2, 0.25) is 19.1 Å². The summed E-state index contributed by atoms with van der Waals surface area (Å²) in [5, 5.41) is 27.8. The third-order valence-electron chi connectivity index (χ3n) is 11.7. The van der Waals surface area contributed by atoms with Crippen LogP contribution in [0.5, 0.6) is 0 Å². The molecule has 2 fully saturated rings. The Labute approximate surface area is 339 Å². The van der Waals surface area contributed by atoms with Crippen LogP contribution in [0.25, 0.3) is 44.2 Å². The van der Waals surface area contributed by atoms with E-state index in [4.69, 9.17) is 9.72 Å². The Hall–Kier alpha value is -5.09. The van der Waals surface area contributed by atoms with Crippen LogP contribution in [0.4, 0.5) is 4.79 Å². The predicted octanol–water partition coefficient (Wildman–Crippen LogP) is 5.53. The molecule has 14 nitrogen and oxygen atoms in total. The molecular formula is C43H56N8O6Si. The van der Waals surface area contributed by atoms with Crippen molar-refractivity contribution >= 4 is 47.8 Å². The number of amides is 3. The largest absolute Gasteiger partial charge is 0.453 e. The Morgan fingerprint density at radius 1 is 0.931 bits per heavy atom. The zero-order chi connectivity index (χ0) is 41.5. The molecule has 15 heteroatoms. The van der Waals surface area contributed by atoms with Crippen molar-refractivity contribution < 1.29 is 29.3 Å². The van der Waals surface area contributed by atoms with Gasteiger partial charge in [-0.05, 0) is 58.3 Å². The van der Waals surface area contributed by atoms with Gasteiger partial charge < -0.3 is 40.5 Å². The lowest BCUT2D eigenvalue weighted by molar-refractivity contribution is -0.135. The molecule has 0 bridgehead atoms. The van der Waals surface area contributed by atoms with Gasteiger partial charge in [0.05, 0.1) is 56.3 Å². The molecule has 2 aromatic heterocycles. The number of benzene rings is 3. The highest BCUT2D eigenvalue weighted by atomic mass is 28.3. The number of alkyl carbamates (subject to hydrolysis) is 1. The molecule has 6 N–H and O–H groups in total. The maximum absolute atomic E-state index is 13.6. The fraction of sp³-hybridized carbons (Fsp3) is 0.465. The first-order valence-corrected chi connectivity index (χ1v) is 23.6. The van der Waals surface area contributed by atoms with E-state index in [-0.39, 0.29) is 42.3 Å². The first kappa shape index (κ1) is 41.1. The van der Waals surface area contributed by atoms with Crippen LogP contribution in [0.1, 0.15) is 57.8 Å². The highest BCUT2D eigenvalue weighted by Gasteiger charge is 2.43. The molecule has 5 atom stereocenters. The number of hydrogen-bond acceptors (Lipinski definition) is 9. The number of nitrogens with one attached hydrogen (secondary N) is 4. The van der Waals surface area contributed by atoms with Gasteiger partial charge in [0.2, 0.25) is 11.8 Å². The molecule has 2 aliphatic rings. The second-order valence-corrected chi connectivity index (χ2v) is 22.5. The summed E-state index contributed by atoms with van der Waals surface area (Å²) >= 11 is 0. The first-order valence-electron chi connectivity index (χ1n) is 20.2. The summed E-state index contributed by atoms with van der Waals surface area (Å²) in [6.45, 7) is 13.1. The van der Waals surface area contributed by atoms with E-state index in [0.29, 0.717) is 18.8 Å². The van der Waals surface area contributed by atoms with E-state index in [0.717, 1.165) is 62.2 Å². The molecule has 0 spiro atoms. The number of carbonyl (C=O) groups is 3. The fourth-order valence-electron chi connectivity index (χ4n) is 8.61. The Morgan fingerprint density at radius 3 is 2.34 bits per heavy atom. The number of ether oxygens (including phenoxy) is 1. The average Bonchev–Trinajstić information content (AvgIpc) is 4.00. The second-order valence-electron chi connectivity index (χ2n) is 17.4. The second kappa shape index (κ2) is 16.6. The van der Waals surface area contributed by atoms with E-state index in [2.05, 4.69) is 99.9 Å². The molecule has 2 aliphatic heterocycles. The number of nitrogens with zero attached hydrogens (tertiary/aromatic N) is 4. The Kier molecular flexibility index (Phi) is 11.8. The lowest BCUT2D eigenvalue weighted by Gasteiger charge is -2.31. The van der Waals surface area contributed by atoms with Gasteiger partial charge in [0.1, 0.15) is 24.3 Å². The summed E-state index contributed by atoms with van der Waals surface area (Å²) in [5.74, 6) is 0.917. The minimum atomic E-state index is -1.54. The monoisotopic (exact) mass is 808 g/mol. The number of fused-ring (bicyclic) bond motifs is 3. The van der Waals surface area contributed by atoms with E-state index >= 15 is 0 Å². The summed E-state index contributed by atoms with van der Waals surface area (Å²) in [6, 6.07) is 18.8. The van der Waals surface area contributed by atoms with Gasteiger partial charge in [-0.15, -0.1) is 0 Å². The Morgan fingerprint density at radius 2 is 1.66 bits per heavy atom. The molecule has 0 radical (unpaired) electrons. The summed E-state index contributed by atoms with van der Waals surface area (Å²) in [4.78, 5) is 58.7. The third-order valence-corrected chi connectivity index (χ3v) is 14.5. The molecule has 2 saturated heterocycles. The van der Waals surface area contributed by atoms with Crippen LogP contribution < -0.4 is 10.6 Å². The van der Waals surface area contributed by atoms with Gasteiger partial charge in [-0.1, -0.05) is 83.3 Å². The van der Waals surface area contributed by atoms with Crippen molar-refractivity contribution in [2.75, 3.05) is 33.0 Å². The highest BCUT2D eigenvalue weighted by molar-refractivity contribution is 6.78. The quantitative estimate of drug-likeness (QED) is 0.0882. The van der Waals surface area contributed by atoms with E-state index in [1.807, 2.05) is 26.0 Å². The fourth-order valence-corrected chi connectivity index (χ4v) is 11.7. The van der Waals surface area contributed by atoms with Gasteiger partial charge in [0.25, 0.3) is 0 Å². The number of aromatic amines is 2. The van der Waals surface area contributed by atoms with Crippen molar-refractivity contribution in [1.82, 2.24) is 40.4 Å². The summed E-state index contributed by atoms with van der Waals surface area (Å²) < 4.78 is 4.74. The SMILES string of the molecule is COC(=O)N[C@H](C(=O)N1CC(O)C[C@H]1c1ncc(-c2ccc(-c3ccc4c(ccc5[nH]c([C@@H]6C[Si](C)(C)CN6C[C@@H](NC(=O)CO)C(C)C)nc54)c3)cc2)[nH]1)C(C)C. The highest BCUT2D eigenvalue weighted by Crippen LogP contribution is 2.39. The Balaban J connectivity index is 1.08. The smallest absolute Gasteiger partial charge is 0.407 e. The zero-order valence-electron chi connectivity index (χ0n) is 34.4. The molecule has 0 aliphatic carbocycles. The maximum atomic E-state index is 13.6. The molecule has 1 unspecified atom stereocenters. The zero-order valence-corrected chi connectivity index (χ0v) is 35.4. The molecular weight excluding hydrogens is 753 g/mol. The first-order chi connectivity index (χ1) is 27.6. The van der Waals surface area contributed by atoms with Gasteiger partial charge in [0.15, 0.2) is 0 Å². The average molecular weight is 809 g/mol. The number of aromatic nitrogens is 4.